The van der Waals surface area contributed by atoms with Crippen molar-refractivity contribution >= 4 is 35.2 Å². The molecule has 0 spiro atoms. The van der Waals surface area contributed by atoms with E-state index in [2.05, 4.69) is 46.7 Å². The molecule has 234 valence electrons. The van der Waals surface area contributed by atoms with E-state index in [0.717, 1.165) is 47.9 Å². The van der Waals surface area contributed by atoms with Gasteiger partial charge in [0.25, 0.3) is 0 Å². The molecule has 1 fully saturated rings. The summed E-state index contributed by atoms with van der Waals surface area (Å²) in [4.78, 5) is 34.4. The number of rotatable bonds is 8. The van der Waals surface area contributed by atoms with Crippen LogP contribution in [0.15, 0.2) is 97.2 Å². The smallest absolute Gasteiger partial charge is 0.410 e. The molecule has 7 nitrogen and oxygen atoms in total. The average molecular weight is 625 g/mol. The largest absolute Gasteiger partial charge is 0.444 e. The number of pyridine rings is 1. The van der Waals surface area contributed by atoms with Crippen molar-refractivity contribution in [1.82, 2.24) is 9.88 Å². The lowest BCUT2D eigenvalue weighted by Gasteiger charge is -2.35. The normalized spacial score (nSPS) is 13.6. The highest BCUT2D eigenvalue weighted by atomic mass is 35.5. The number of aromatic nitrogens is 1. The molecule has 0 unspecified atom stereocenters. The number of carbonyl (C=O) groups excluding carboxylic acids is 2. The number of urea groups is 1. The first-order valence-corrected chi connectivity index (χ1v) is 16.0. The number of hydrogen-bond acceptors (Lipinski definition) is 4. The maximum atomic E-state index is 13.3. The maximum absolute atomic E-state index is 13.3. The second kappa shape index (κ2) is 14.6. The van der Waals surface area contributed by atoms with Gasteiger partial charge in [0.05, 0.1) is 6.54 Å². The molecule has 1 N–H and O–H groups in total. The van der Waals surface area contributed by atoms with E-state index in [9.17, 15) is 9.59 Å². The van der Waals surface area contributed by atoms with Crippen LogP contribution < -0.4 is 10.2 Å². The molecule has 4 aromatic rings. The molecule has 1 saturated carbocycles. The van der Waals surface area contributed by atoms with E-state index in [1.165, 1.54) is 6.42 Å². The quantitative estimate of drug-likeness (QED) is 0.212. The Kier molecular flexibility index (Phi) is 10.4. The van der Waals surface area contributed by atoms with Crippen molar-refractivity contribution in [2.45, 2.75) is 77.6 Å². The lowest BCUT2D eigenvalue weighted by molar-refractivity contribution is 0.00988. The molecule has 0 atom stereocenters. The summed E-state index contributed by atoms with van der Waals surface area (Å²) in [6, 6.07) is 29.0. The fraction of sp³-hybridized carbons (Fsp3) is 0.324. The van der Waals surface area contributed by atoms with E-state index in [0.29, 0.717) is 29.6 Å². The van der Waals surface area contributed by atoms with Crippen molar-refractivity contribution in [1.29, 1.82) is 0 Å². The standard InChI is InChI=1S/C37H41ClN4O3/c1-37(2,3)45-36(44)41(33-9-5-4-6-10-33)25-27-12-16-29(17-13-27)30-18-14-28(15-19-30)26-42(34-11-7-8-24-39-34)35(43)40-32-22-20-31(38)21-23-32/h7-8,11-24,33H,4-6,9-10,25-26H2,1-3H3,(H,40,43). The molecule has 45 heavy (non-hydrogen) atoms. The summed E-state index contributed by atoms with van der Waals surface area (Å²) >= 11 is 6.01. The van der Waals surface area contributed by atoms with E-state index < -0.39 is 5.60 Å². The topological polar surface area (TPSA) is 74.8 Å². The first-order valence-electron chi connectivity index (χ1n) is 15.6. The molecule has 1 heterocycles. The molecular formula is C37H41ClN4O3. The third-order valence-corrected chi connectivity index (χ3v) is 8.10. The van der Waals surface area contributed by atoms with Gasteiger partial charge in [0.15, 0.2) is 0 Å². The van der Waals surface area contributed by atoms with Crippen LogP contribution in [0.4, 0.5) is 21.1 Å². The first kappa shape index (κ1) is 32.0. The number of halogens is 1. The number of nitrogens with zero attached hydrogens (tertiary/aromatic N) is 3. The first-order chi connectivity index (χ1) is 21.6. The summed E-state index contributed by atoms with van der Waals surface area (Å²) in [5, 5.41) is 3.54. The molecular weight excluding hydrogens is 584 g/mol. The van der Waals surface area contributed by atoms with Crippen molar-refractivity contribution < 1.29 is 14.3 Å². The van der Waals surface area contributed by atoms with Crippen LogP contribution in [-0.4, -0.2) is 33.7 Å². The van der Waals surface area contributed by atoms with Crippen molar-refractivity contribution in [2.24, 2.45) is 0 Å². The molecule has 8 heteroatoms. The predicted octanol–water partition coefficient (Wildman–Crippen LogP) is 9.71. The fourth-order valence-electron chi connectivity index (χ4n) is 5.53. The molecule has 0 aliphatic heterocycles. The van der Waals surface area contributed by atoms with Crippen molar-refractivity contribution in [3.05, 3.63) is 113 Å². The van der Waals surface area contributed by atoms with E-state index in [1.807, 2.05) is 56.0 Å². The highest BCUT2D eigenvalue weighted by Gasteiger charge is 2.29. The van der Waals surface area contributed by atoms with Crippen LogP contribution >= 0.6 is 11.6 Å². The Morgan fingerprint density at radius 2 is 1.42 bits per heavy atom. The van der Waals surface area contributed by atoms with Gasteiger partial charge in [0.2, 0.25) is 0 Å². The van der Waals surface area contributed by atoms with Gasteiger partial charge in [-0.05, 0) is 92.3 Å². The van der Waals surface area contributed by atoms with Gasteiger partial charge in [-0.25, -0.2) is 14.6 Å². The minimum Gasteiger partial charge on any atom is -0.444 e. The van der Waals surface area contributed by atoms with Crippen LogP contribution in [0.1, 0.15) is 64.0 Å². The van der Waals surface area contributed by atoms with Gasteiger partial charge in [0.1, 0.15) is 11.4 Å². The van der Waals surface area contributed by atoms with Gasteiger partial charge < -0.3 is 15.0 Å². The van der Waals surface area contributed by atoms with Crippen LogP contribution in [0.2, 0.25) is 5.02 Å². The number of anilines is 2. The highest BCUT2D eigenvalue weighted by Crippen LogP contribution is 2.28. The Bertz CT molecular complexity index is 1550. The van der Waals surface area contributed by atoms with Crippen molar-refractivity contribution in [3.63, 3.8) is 0 Å². The Morgan fingerprint density at radius 3 is 1.98 bits per heavy atom. The Hall–Kier alpha value is -4.36. The van der Waals surface area contributed by atoms with Crippen LogP contribution in [0.5, 0.6) is 0 Å². The molecule has 1 aliphatic carbocycles. The molecule has 1 aliphatic rings. The molecule has 0 saturated heterocycles. The van der Waals surface area contributed by atoms with Gasteiger partial charge in [-0.3, -0.25) is 4.90 Å². The monoisotopic (exact) mass is 624 g/mol. The molecule has 0 bridgehead atoms. The van der Waals surface area contributed by atoms with Gasteiger partial charge >= 0.3 is 12.1 Å². The zero-order chi connectivity index (χ0) is 31.8. The van der Waals surface area contributed by atoms with Gasteiger partial charge in [-0.2, -0.15) is 0 Å². The second-order valence-electron chi connectivity index (χ2n) is 12.5. The zero-order valence-corrected chi connectivity index (χ0v) is 27.0. The molecule has 3 aromatic carbocycles. The van der Waals surface area contributed by atoms with Crippen molar-refractivity contribution in [2.75, 3.05) is 10.2 Å². The minimum absolute atomic E-state index is 0.208. The molecule has 0 radical (unpaired) electrons. The van der Waals surface area contributed by atoms with Crippen LogP contribution in [0, 0.1) is 0 Å². The van der Waals surface area contributed by atoms with E-state index in [4.69, 9.17) is 16.3 Å². The number of benzene rings is 3. The Morgan fingerprint density at radius 1 is 0.822 bits per heavy atom. The summed E-state index contributed by atoms with van der Waals surface area (Å²) in [6.07, 6.45) is 6.98. The number of carbonyl (C=O) groups is 2. The maximum Gasteiger partial charge on any atom is 0.410 e. The Labute approximate surface area is 271 Å². The van der Waals surface area contributed by atoms with E-state index >= 15 is 0 Å². The predicted molar refractivity (Wildman–Crippen MR) is 181 cm³/mol. The summed E-state index contributed by atoms with van der Waals surface area (Å²) in [6.45, 7) is 6.61. The number of ether oxygens (including phenoxy) is 1. The van der Waals surface area contributed by atoms with Gasteiger partial charge in [-0.15, -0.1) is 0 Å². The Balaban J connectivity index is 1.27. The number of hydrogen-bond donors (Lipinski definition) is 1. The van der Waals surface area contributed by atoms with E-state index in [1.54, 1.807) is 35.4 Å². The highest BCUT2D eigenvalue weighted by molar-refractivity contribution is 6.30. The SMILES string of the molecule is CC(C)(C)OC(=O)N(Cc1ccc(-c2ccc(CN(C(=O)Nc3ccc(Cl)cc3)c3ccccn3)cc2)cc1)C1CCCCC1. The molecule has 3 amide bonds. The third kappa shape index (κ3) is 9.08. The molecule has 1 aromatic heterocycles. The van der Waals surface area contributed by atoms with Crippen LogP contribution in [-0.2, 0) is 17.8 Å². The third-order valence-electron chi connectivity index (χ3n) is 7.84. The second-order valence-corrected chi connectivity index (χ2v) is 12.9. The lowest BCUT2D eigenvalue weighted by Crippen LogP contribution is -2.43. The number of nitrogens with one attached hydrogen (secondary N) is 1. The number of amides is 3. The van der Waals surface area contributed by atoms with Crippen molar-refractivity contribution in [3.8, 4) is 11.1 Å². The minimum atomic E-state index is -0.533. The lowest BCUT2D eigenvalue weighted by atomic mass is 9.94. The average Bonchev–Trinajstić information content (AvgIpc) is 3.04. The summed E-state index contributed by atoms with van der Waals surface area (Å²) < 4.78 is 5.78. The van der Waals surface area contributed by atoms with Gasteiger partial charge in [-0.1, -0.05) is 85.5 Å². The summed E-state index contributed by atoms with van der Waals surface area (Å²) in [5.74, 6) is 0.553. The van der Waals surface area contributed by atoms with Crippen LogP contribution in [0.3, 0.4) is 0 Å². The van der Waals surface area contributed by atoms with E-state index in [-0.39, 0.29) is 18.2 Å². The van der Waals surface area contributed by atoms with Crippen LogP contribution in [0.25, 0.3) is 11.1 Å². The summed E-state index contributed by atoms with van der Waals surface area (Å²) in [5.41, 5.74) is 4.30. The van der Waals surface area contributed by atoms with Gasteiger partial charge in [0, 0.05) is 29.5 Å². The fourth-order valence-corrected chi connectivity index (χ4v) is 5.66. The molecule has 5 rings (SSSR count). The zero-order valence-electron chi connectivity index (χ0n) is 26.2. The summed E-state index contributed by atoms with van der Waals surface area (Å²) in [7, 11) is 0.